The van der Waals surface area contributed by atoms with Crippen molar-refractivity contribution in [2.24, 2.45) is 0 Å². The van der Waals surface area contributed by atoms with Crippen LogP contribution in [0.3, 0.4) is 0 Å². The van der Waals surface area contributed by atoms with Crippen LogP contribution in [0, 0.1) is 0 Å². The molecule has 120 valence electrons. The van der Waals surface area contributed by atoms with Crippen LogP contribution in [0.1, 0.15) is 0 Å². The summed E-state index contributed by atoms with van der Waals surface area (Å²) in [6.07, 6.45) is 7.20. The van der Waals surface area contributed by atoms with Crippen molar-refractivity contribution in [3.05, 3.63) is 90.5 Å². The average molecular weight is 344 g/mol. The van der Waals surface area contributed by atoms with Gasteiger partial charge in [-0.15, -0.1) is 0 Å². The molecule has 0 fully saturated rings. The molecule has 0 saturated heterocycles. The number of hydrogen-bond donors (Lipinski definition) is 0. The van der Waals surface area contributed by atoms with Crippen molar-refractivity contribution in [2.45, 2.75) is 0 Å². The third kappa shape index (κ3) is 3.42. The second-order valence-corrected chi connectivity index (χ2v) is 6.05. The number of benzene rings is 1. The van der Waals surface area contributed by atoms with E-state index in [4.69, 9.17) is 16.6 Å². The van der Waals surface area contributed by atoms with E-state index in [0.29, 0.717) is 5.02 Å². The van der Waals surface area contributed by atoms with Gasteiger partial charge in [-0.25, -0.2) is 4.98 Å². The number of rotatable bonds is 3. The second-order valence-electron chi connectivity index (χ2n) is 5.62. The summed E-state index contributed by atoms with van der Waals surface area (Å²) in [7, 11) is 0. The number of aromatic nitrogens is 3. The Hall–Kier alpha value is -3.04. The first-order valence-corrected chi connectivity index (χ1v) is 8.26. The van der Waals surface area contributed by atoms with Gasteiger partial charge in [-0.2, -0.15) is 0 Å². The molecule has 0 atom stereocenters. The Bertz CT molecular complexity index is 927. The Morgan fingerprint density at radius 3 is 1.80 bits per heavy atom. The normalized spacial score (nSPS) is 10.6. The Morgan fingerprint density at radius 2 is 1.20 bits per heavy atom. The number of nitrogens with zero attached hydrogens (tertiary/aromatic N) is 3. The van der Waals surface area contributed by atoms with Gasteiger partial charge in [0.2, 0.25) is 0 Å². The number of hydrogen-bond acceptors (Lipinski definition) is 3. The Balaban J connectivity index is 1.90. The molecule has 1 aromatic carbocycles. The van der Waals surface area contributed by atoms with Crippen LogP contribution in [0.15, 0.2) is 85.5 Å². The van der Waals surface area contributed by atoms with E-state index < -0.39 is 0 Å². The fourth-order valence-electron chi connectivity index (χ4n) is 2.66. The van der Waals surface area contributed by atoms with E-state index in [1.165, 1.54) is 0 Å². The largest absolute Gasteiger partial charge is 0.264 e. The first-order valence-electron chi connectivity index (χ1n) is 7.88. The predicted octanol–water partition coefficient (Wildman–Crippen LogP) is 5.53. The van der Waals surface area contributed by atoms with Crippen molar-refractivity contribution in [3.63, 3.8) is 0 Å². The quantitative estimate of drug-likeness (QED) is 0.491. The van der Waals surface area contributed by atoms with Crippen LogP contribution in [-0.2, 0) is 0 Å². The molecule has 3 heterocycles. The first-order chi connectivity index (χ1) is 12.3. The molecule has 0 radical (unpaired) electrons. The van der Waals surface area contributed by atoms with Gasteiger partial charge in [0.15, 0.2) is 0 Å². The molecule has 0 aliphatic heterocycles. The molecule has 0 aliphatic carbocycles. The van der Waals surface area contributed by atoms with Crippen molar-refractivity contribution in [3.8, 4) is 33.6 Å². The fraction of sp³-hybridized carbons (Fsp3) is 0. The van der Waals surface area contributed by atoms with Crippen LogP contribution in [0.4, 0.5) is 0 Å². The Labute approximate surface area is 151 Å². The minimum atomic E-state index is 0.708. The molecule has 0 aliphatic rings. The van der Waals surface area contributed by atoms with Gasteiger partial charge in [-0.1, -0.05) is 29.8 Å². The van der Waals surface area contributed by atoms with Gasteiger partial charge in [-0.05, 0) is 48.0 Å². The molecule has 3 aromatic heterocycles. The van der Waals surface area contributed by atoms with E-state index in [9.17, 15) is 0 Å². The van der Waals surface area contributed by atoms with Crippen molar-refractivity contribution < 1.29 is 0 Å². The lowest BCUT2D eigenvalue weighted by Gasteiger charge is -2.10. The summed E-state index contributed by atoms with van der Waals surface area (Å²) < 4.78 is 0. The fourth-order valence-corrected chi connectivity index (χ4v) is 2.79. The van der Waals surface area contributed by atoms with Gasteiger partial charge in [0, 0.05) is 46.5 Å². The van der Waals surface area contributed by atoms with Gasteiger partial charge in [0.05, 0.1) is 11.4 Å². The lowest BCUT2D eigenvalue weighted by Crippen LogP contribution is -1.91. The maximum absolute atomic E-state index is 6.02. The molecule has 25 heavy (non-hydrogen) atoms. The zero-order valence-electron chi connectivity index (χ0n) is 13.3. The highest BCUT2D eigenvalue weighted by molar-refractivity contribution is 6.30. The van der Waals surface area contributed by atoms with Crippen LogP contribution in [0.2, 0.25) is 5.02 Å². The van der Waals surface area contributed by atoms with Crippen LogP contribution in [-0.4, -0.2) is 15.0 Å². The van der Waals surface area contributed by atoms with Crippen LogP contribution < -0.4 is 0 Å². The molecule has 0 saturated carbocycles. The smallest absolute Gasteiger partial charge is 0.0731 e. The zero-order chi connectivity index (χ0) is 17.1. The monoisotopic (exact) mass is 343 g/mol. The molecular formula is C21H14ClN3. The van der Waals surface area contributed by atoms with Gasteiger partial charge in [-0.3, -0.25) is 9.97 Å². The number of halogens is 1. The Kier molecular flexibility index (Phi) is 4.23. The molecule has 0 unspecified atom stereocenters. The summed E-state index contributed by atoms with van der Waals surface area (Å²) in [5.41, 5.74) is 5.86. The summed E-state index contributed by atoms with van der Waals surface area (Å²) in [4.78, 5) is 13.3. The summed E-state index contributed by atoms with van der Waals surface area (Å²) in [6, 6.07) is 19.7. The summed E-state index contributed by atoms with van der Waals surface area (Å²) >= 11 is 6.02. The van der Waals surface area contributed by atoms with Gasteiger partial charge in [0.25, 0.3) is 0 Å². The van der Waals surface area contributed by atoms with Crippen LogP contribution in [0.5, 0.6) is 0 Å². The van der Waals surface area contributed by atoms with Gasteiger partial charge in [0.1, 0.15) is 0 Å². The molecule has 0 bridgehead atoms. The third-order valence-electron chi connectivity index (χ3n) is 3.92. The maximum Gasteiger partial charge on any atom is 0.0731 e. The van der Waals surface area contributed by atoms with E-state index >= 15 is 0 Å². The second kappa shape index (κ2) is 6.83. The molecule has 4 heteroatoms. The minimum Gasteiger partial charge on any atom is -0.264 e. The summed E-state index contributed by atoms with van der Waals surface area (Å²) in [6.45, 7) is 0. The first kappa shape index (κ1) is 15.5. The minimum absolute atomic E-state index is 0.708. The van der Waals surface area contributed by atoms with E-state index in [2.05, 4.69) is 22.1 Å². The van der Waals surface area contributed by atoms with Gasteiger partial charge < -0.3 is 0 Å². The molecular weight excluding hydrogens is 330 g/mol. The van der Waals surface area contributed by atoms with Crippen molar-refractivity contribution in [1.82, 2.24) is 15.0 Å². The zero-order valence-corrected chi connectivity index (χ0v) is 14.1. The highest BCUT2D eigenvalue weighted by atomic mass is 35.5. The molecule has 4 rings (SSSR count). The van der Waals surface area contributed by atoms with Crippen LogP contribution >= 0.6 is 11.6 Å². The highest BCUT2D eigenvalue weighted by Crippen LogP contribution is 2.30. The summed E-state index contributed by atoms with van der Waals surface area (Å²) in [5.74, 6) is 0. The van der Waals surface area contributed by atoms with Crippen molar-refractivity contribution >= 4 is 11.6 Å². The van der Waals surface area contributed by atoms with Crippen LogP contribution in [0.25, 0.3) is 33.6 Å². The summed E-state index contributed by atoms with van der Waals surface area (Å²) in [5, 5.41) is 0.708. The maximum atomic E-state index is 6.02. The molecule has 0 N–H and O–H groups in total. The SMILES string of the molecule is Clc1ccc(-c2cc(-c3cccnc3)cc(-c3cccnc3)n2)cc1. The van der Waals surface area contributed by atoms with Gasteiger partial charge >= 0.3 is 0 Å². The molecule has 4 aromatic rings. The number of pyridine rings is 3. The average Bonchev–Trinajstić information content (AvgIpc) is 2.69. The highest BCUT2D eigenvalue weighted by Gasteiger charge is 2.09. The lowest BCUT2D eigenvalue weighted by molar-refractivity contribution is 1.27. The van der Waals surface area contributed by atoms with Crippen molar-refractivity contribution in [1.29, 1.82) is 0 Å². The molecule has 3 nitrogen and oxygen atoms in total. The topological polar surface area (TPSA) is 38.7 Å². The Morgan fingerprint density at radius 1 is 0.600 bits per heavy atom. The van der Waals surface area contributed by atoms with E-state index in [-0.39, 0.29) is 0 Å². The van der Waals surface area contributed by atoms with E-state index in [0.717, 1.165) is 33.6 Å². The third-order valence-corrected chi connectivity index (χ3v) is 4.17. The van der Waals surface area contributed by atoms with E-state index in [1.54, 1.807) is 12.4 Å². The van der Waals surface area contributed by atoms with E-state index in [1.807, 2.05) is 60.9 Å². The molecule has 0 amide bonds. The molecule has 0 spiro atoms. The predicted molar refractivity (Wildman–Crippen MR) is 101 cm³/mol. The lowest BCUT2D eigenvalue weighted by atomic mass is 10.0. The standard InChI is InChI=1S/C21H14ClN3/c22-19-7-5-15(6-8-19)20-11-18(16-3-1-9-23-13-16)12-21(25-20)17-4-2-10-24-14-17/h1-14H. The van der Waals surface area contributed by atoms with Crippen molar-refractivity contribution in [2.75, 3.05) is 0 Å².